The van der Waals surface area contributed by atoms with Crippen LogP contribution < -0.4 is 0 Å². The Bertz CT molecular complexity index is 398. The van der Waals surface area contributed by atoms with Gasteiger partial charge in [0.1, 0.15) is 0 Å². The molecule has 1 aliphatic rings. The van der Waals surface area contributed by atoms with Gasteiger partial charge in [0, 0.05) is 6.54 Å². The van der Waals surface area contributed by atoms with E-state index in [9.17, 15) is 4.79 Å². The molecule has 1 aromatic carbocycles. The Labute approximate surface area is 95.3 Å². The van der Waals surface area contributed by atoms with Gasteiger partial charge < -0.3 is 9.64 Å². The third-order valence-corrected chi connectivity index (χ3v) is 2.53. The molecule has 0 bridgehead atoms. The molecule has 84 valence electrons. The summed E-state index contributed by atoms with van der Waals surface area (Å²) in [7, 11) is 0. The van der Waals surface area contributed by atoms with Crippen molar-refractivity contribution in [2.75, 3.05) is 13.3 Å². The summed E-state index contributed by atoms with van der Waals surface area (Å²) in [5, 5.41) is 0. The molecule has 0 spiro atoms. The van der Waals surface area contributed by atoms with Crippen molar-refractivity contribution in [2.24, 2.45) is 0 Å². The van der Waals surface area contributed by atoms with Gasteiger partial charge in [0.25, 0.3) is 5.91 Å². The topological polar surface area (TPSA) is 29.5 Å². The molecule has 0 N–H and O–H groups in total. The van der Waals surface area contributed by atoms with Crippen molar-refractivity contribution in [1.82, 2.24) is 4.90 Å². The zero-order chi connectivity index (χ0) is 11.4. The van der Waals surface area contributed by atoms with Gasteiger partial charge in [-0.3, -0.25) is 4.79 Å². The van der Waals surface area contributed by atoms with Crippen LogP contribution in [-0.2, 0) is 9.53 Å². The van der Waals surface area contributed by atoms with Gasteiger partial charge in [-0.25, -0.2) is 0 Å². The highest BCUT2D eigenvalue weighted by Crippen LogP contribution is 2.20. The minimum atomic E-state index is 0.0549. The van der Waals surface area contributed by atoms with Crippen LogP contribution in [0.2, 0.25) is 0 Å². The molecule has 0 unspecified atom stereocenters. The van der Waals surface area contributed by atoms with Gasteiger partial charge in [-0.05, 0) is 12.0 Å². The fourth-order valence-electron chi connectivity index (χ4n) is 1.74. The molecule has 0 radical (unpaired) electrons. The maximum Gasteiger partial charge on any atom is 0.260 e. The summed E-state index contributed by atoms with van der Waals surface area (Å²) >= 11 is 0. The Morgan fingerprint density at radius 2 is 2.06 bits per heavy atom. The van der Waals surface area contributed by atoms with E-state index in [0.717, 1.165) is 18.5 Å². The van der Waals surface area contributed by atoms with Gasteiger partial charge in [-0.15, -0.1) is 0 Å². The number of benzene rings is 1. The molecule has 0 aromatic heterocycles. The van der Waals surface area contributed by atoms with E-state index < -0.39 is 0 Å². The predicted molar refractivity (Wildman–Crippen MR) is 62.4 cm³/mol. The fraction of sp³-hybridized carbons (Fsp3) is 0.308. The van der Waals surface area contributed by atoms with Crippen molar-refractivity contribution in [3.63, 3.8) is 0 Å². The van der Waals surface area contributed by atoms with E-state index in [-0.39, 0.29) is 5.91 Å². The van der Waals surface area contributed by atoms with E-state index >= 15 is 0 Å². The fourth-order valence-corrected chi connectivity index (χ4v) is 1.74. The minimum Gasteiger partial charge on any atom is -0.480 e. The first-order valence-electron chi connectivity index (χ1n) is 5.49. The molecule has 16 heavy (non-hydrogen) atoms. The third-order valence-electron chi connectivity index (χ3n) is 2.53. The molecule has 3 heteroatoms. The van der Waals surface area contributed by atoms with Gasteiger partial charge in [0.2, 0.25) is 0 Å². The first-order valence-corrected chi connectivity index (χ1v) is 5.49. The van der Waals surface area contributed by atoms with Crippen LogP contribution >= 0.6 is 0 Å². The van der Waals surface area contributed by atoms with Crippen LogP contribution in [-0.4, -0.2) is 24.1 Å². The summed E-state index contributed by atoms with van der Waals surface area (Å²) < 4.78 is 5.32. The van der Waals surface area contributed by atoms with Crippen molar-refractivity contribution in [3.05, 3.63) is 42.2 Å². The number of amides is 1. The summed E-state index contributed by atoms with van der Waals surface area (Å²) in [5.41, 5.74) is 1.55. The van der Waals surface area contributed by atoms with Crippen molar-refractivity contribution in [2.45, 2.75) is 13.3 Å². The molecule has 1 heterocycles. The van der Waals surface area contributed by atoms with Crippen LogP contribution in [0.3, 0.4) is 0 Å². The molecule has 1 aliphatic heterocycles. The Balaban J connectivity index is 2.22. The monoisotopic (exact) mass is 217 g/mol. The average molecular weight is 217 g/mol. The van der Waals surface area contributed by atoms with E-state index in [2.05, 4.69) is 0 Å². The van der Waals surface area contributed by atoms with E-state index in [1.807, 2.05) is 37.3 Å². The lowest BCUT2D eigenvalue weighted by atomic mass is 10.1. The van der Waals surface area contributed by atoms with Crippen molar-refractivity contribution >= 4 is 11.5 Å². The summed E-state index contributed by atoms with van der Waals surface area (Å²) in [4.78, 5) is 13.8. The first kappa shape index (κ1) is 10.7. The Hall–Kier alpha value is -1.77. The lowest BCUT2D eigenvalue weighted by molar-refractivity contribution is -0.130. The second kappa shape index (κ2) is 4.84. The Morgan fingerprint density at radius 1 is 1.31 bits per heavy atom. The van der Waals surface area contributed by atoms with Crippen LogP contribution in [0, 0.1) is 0 Å². The van der Waals surface area contributed by atoms with Crippen molar-refractivity contribution in [3.8, 4) is 0 Å². The van der Waals surface area contributed by atoms with Gasteiger partial charge >= 0.3 is 0 Å². The number of carbonyl (C=O) groups excluding carboxylic acids is 1. The van der Waals surface area contributed by atoms with E-state index in [4.69, 9.17) is 4.74 Å². The smallest absolute Gasteiger partial charge is 0.260 e. The zero-order valence-electron chi connectivity index (χ0n) is 9.35. The number of carbonyl (C=O) groups is 1. The maximum absolute atomic E-state index is 12.1. The van der Waals surface area contributed by atoms with Gasteiger partial charge in [0.05, 0.1) is 11.8 Å². The normalized spacial score (nSPS) is 15.7. The van der Waals surface area contributed by atoms with Gasteiger partial charge in [-0.2, -0.15) is 0 Å². The molecular weight excluding hydrogens is 202 g/mol. The molecule has 1 amide bonds. The third kappa shape index (κ3) is 2.08. The van der Waals surface area contributed by atoms with Crippen LogP contribution in [0.15, 0.2) is 36.6 Å². The molecule has 2 rings (SSSR count). The number of nitrogens with zero attached hydrogens (tertiary/aromatic N) is 1. The van der Waals surface area contributed by atoms with E-state index in [1.165, 1.54) is 0 Å². The summed E-state index contributed by atoms with van der Waals surface area (Å²) in [6, 6.07) is 9.61. The van der Waals surface area contributed by atoms with Crippen LogP contribution in [0.1, 0.15) is 18.9 Å². The average Bonchev–Trinajstić information content (AvgIpc) is 2.33. The molecule has 1 aromatic rings. The van der Waals surface area contributed by atoms with Crippen LogP contribution in [0.25, 0.3) is 5.57 Å². The second-order valence-electron chi connectivity index (χ2n) is 3.76. The van der Waals surface area contributed by atoms with Crippen LogP contribution in [0.5, 0.6) is 0 Å². The highest BCUT2D eigenvalue weighted by atomic mass is 16.5. The highest BCUT2D eigenvalue weighted by Gasteiger charge is 2.23. The molecular formula is C13H15NO2. The first-order chi connectivity index (χ1) is 7.83. The standard InChI is InChI=1S/C13H15NO2/c1-2-8-14-10-16-9-12(13(14)15)11-6-4-3-5-7-11/h3-7,9H,2,8,10H2,1H3. The van der Waals surface area contributed by atoms with Crippen LogP contribution in [0.4, 0.5) is 0 Å². The molecule has 0 fully saturated rings. The SMILES string of the molecule is CCCN1COC=C(c2ccccc2)C1=O. The highest BCUT2D eigenvalue weighted by molar-refractivity contribution is 6.19. The minimum absolute atomic E-state index is 0.0549. The largest absolute Gasteiger partial charge is 0.480 e. The maximum atomic E-state index is 12.1. The Kier molecular flexibility index (Phi) is 3.25. The van der Waals surface area contributed by atoms with Gasteiger partial charge in [-0.1, -0.05) is 37.3 Å². The lowest BCUT2D eigenvalue weighted by Gasteiger charge is -2.26. The number of hydrogen-bond acceptors (Lipinski definition) is 2. The van der Waals surface area contributed by atoms with Crippen molar-refractivity contribution < 1.29 is 9.53 Å². The van der Waals surface area contributed by atoms with E-state index in [1.54, 1.807) is 11.2 Å². The molecule has 0 saturated carbocycles. The number of hydrogen-bond donors (Lipinski definition) is 0. The Morgan fingerprint density at radius 3 is 2.75 bits per heavy atom. The zero-order valence-corrected chi connectivity index (χ0v) is 9.35. The molecule has 0 saturated heterocycles. The van der Waals surface area contributed by atoms with E-state index in [0.29, 0.717) is 12.3 Å². The number of rotatable bonds is 3. The second-order valence-corrected chi connectivity index (χ2v) is 3.76. The summed E-state index contributed by atoms with van der Waals surface area (Å²) in [6.07, 6.45) is 2.50. The van der Waals surface area contributed by atoms with Crippen molar-refractivity contribution in [1.29, 1.82) is 0 Å². The predicted octanol–water partition coefficient (Wildman–Crippen LogP) is 2.25. The molecule has 3 nitrogen and oxygen atoms in total. The quantitative estimate of drug-likeness (QED) is 0.777. The summed E-state index contributed by atoms with van der Waals surface area (Å²) in [6.45, 7) is 3.15. The van der Waals surface area contributed by atoms with Gasteiger partial charge in [0.15, 0.2) is 6.73 Å². The number of ether oxygens (including phenoxy) is 1. The molecule has 0 atom stereocenters. The summed E-state index contributed by atoms with van der Waals surface area (Å²) in [5.74, 6) is 0.0549. The molecule has 0 aliphatic carbocycles. The lowest BCUT2D eigenvalue weighted by Crippen LogP contribution is -2.36.